The first-order chi connectivity index (χ1) is 8.17. The Bertz CT molecular complexity index is 238. The van der Waals surface area contributed by atoms with Crippen molar-refractivity contribution < 1.29 is 0 Å². The molecule has 2 heteroatoms. The van der Waals surface area contributed by atoms with Crippen LogP contribution in [0, 0.1) is 18.3 Å². The second-order valence-corrected chi connectivity index (χ2v) is 5.58. The molecule has 0 saturated heterocycles. The van der Waals surface area contributed by atoms with Crippen LogP contribution in [-0.4, -0.2) is 36.6 Å². The third kappa shape index (κ3) is 6.10. The van der Waals surface area contributed by atoms with Gasteiger partial charge in [0.05, 0.1) is 6.54 Å². The van der Waals surface area contributed by atoms with Gasteiger partial charge < -0.3 is 5.32 Å². The number of hydrogen-bond donors (Lipinski definition) is 1. The molecule has 0 bridgehead atoms. The highest BCUT2D eigenvalue weighted by Crippen LogP contribution is 2.30. The maximum Gasteiger partial charge on any atom is 0.0601 e. The van der Waals surface area contributed by atoms with E-state index >= 15 is 0 Å². The molecule has 17 heavy (non-hydrogen) atoms. The first-order valence-corrected chi connectivity index (χ1v) is 7.08. The van der Waals surface area contributed by atoms with Crippen molar-refractivity contribution in [2.75, 3.05) is 19.6 Å². The lowest BCUT2D eigenvalue weighted by atomic mass is 10.1. The predicted molar refractivity (Wildman–Crippen MR) is 75.0 cm³/mol. The molecule has 1 fully saturated rings. The first kappa shape index (κ1) is 14.5. The molecule has 0 aromatic heterocycles. The topological polar surface area (TPSA) is 15.3 Å². The minimum Gasteiger partial charge on any atom is -0.313 e. The molecule has 0 radical (unpaired) electrons. The molecule has 0 aromatic carbocycles. The maximum absolute atomic E-state index is 5.50. The van der Waals surface area contributed by atoms with Crippen LogP contribution in [0.2, 0.25) is 0 Å². The first-order valence-electron chi connectivity index (χ1n) is 7.08. The van der Waals surface area contributed by atoms with Crippen LogP contribution in [0.5, 0.6) is 0 Å². The van der Waals surface area contributed by atoms with Crippen molar-refractivity contribution in [2.24, 2.45) is 5.92 Å². The van der Waals surface area contributed by atoms with Gasteiger partial charge in [-0.25, -0.2) is 0 Å². The molecule has 1 atom stereocenters. The minimum absolute atomic E-state index is 0.558. The van der Waals surface area contributed by atoms with E-state index in [1.54, 1.807) is 0 Å². The Morgan fingerprint density at radius 2 is 2.12 bits per heavy atom. The minimum atomic E-state index is 0.558. The van der Waals surface area contributed by atoms with Gasteiger partial charge in [-0.3, -0.25) is 4.90 Å². The summed E-state index contributed by atoms with van der Waals surface area (Å²) in [7, 11) is 0. The van der Waals surface area contributed by atoms with Gasteiger partial charge >= 0.3 is 0 Å². The van der Waals surface area contributed by atoms with E-state index in [0.717, 1.165) is 19.0 Å². The number of nitrogens with one attached hydrogen (secondary N) is 1. The fourth-order valence-corrected chi connectivity index (χ4v) is 2.21. The third-order valence-corrected chi connectivity index (χ3v) is 3.38. The monoisotopic (exact) mass is 236 g/mol. The average Bonchev–Trinajstić information content (AvgIpc) is 3.07. The summed E-state index contributed by atoms with van der Waals surface area (Å²) in [4.78, 5) is 2.51. The van der Waals surface area contributed by atoms with Crippen molar-refractivity contribution in [3.8, 4) is 12.3 Å². The summed E-state index contributed by atoms with van der Waals surface area (Å²) < 4.78 is 0. The fourth-order valence-electron chi connectivity index (χ4n) is 2.21. The second-order valence-electron chi connectivity index (χ2n) is 5.58. The molecule has 1 rings (SSSR count). The molecule has 0 heterocycles. The molecule has 1 aliphatic carbocycles. The van der Waals surface area contributed by atoms with Crippen LogP contribution in [0.25, 0.3) is 0 Å². The highest BCUT2D eigenvalue weighted by Gasteiger charge is 2.27. The number of terminal acetylenes is 1. The van der Waals surface area contributed by atoms with Crippen LogP contribution in [-0.2, 0) is 0 Å². The zero-order chi connectivity index (χ0) is 12.7. The van der Waals surface area contributed by atoms with Crippen LogP contribution in [0.4, 0.5) is 0 Å². The van der Waals surface area contributed by atoms with Gasteiger partial charge in [0, 0.05) is 25.2 Å². The molecule has 0 amide bonds. The Balaban J connectivity index is 2.45. The van der Waals surface area contributed by atoms with E-state index in [1.807, 2.05) is 0 Å². The molecule has 98 valence electrons. The number of rotatable bonds is 9. The molecule has 2 nitrogen and oxygen atoms in total. The zero-order valence-corrected chi connectivity index (χ0v) is 11.7. The Morgan fingerprint density at radius 3 is 2.59 bits per heavy atom. The summed E-state index contributed by atoms with van der Waals surface area (Å²) in [6, 6.07) is 1.17. The van der Waals surface area contributed by atoms with Crippen molar-refractivity contribution >= 4 is 0 Å². The smallest absolute Gasteiger partial charge is 0.0601 e. The van der Waals surface area contributed by atoms with Crippen LogP contribution < -0.4 is 5.32 Å². The largest absolute Gasteiger partial charge is 0.313 e. The van der Waals surface area contributed by atoms with E-state index in [4.69, 9.17) is 6.42 Å². The average molecular weight is 236 g/mol. The summed E-state index contributed by atoms with van der Waals surface area (Å²) in [6.45, 7) is 9.74. The van der Waals surface area contributed by atoms with E-state index < -0.39 is 0 Å². The summed E-state index contributed by atoms with van der Waals surface area (Å²) in [5, 5.41) is 3.55. The van der Waals surface area contributed by atoms with Gasteiger partial charge in [0.15, 0.2) is 0 Å². The van der Waals surface area contributed by atoms with E-state index in [9.17, 15) is 0 Å². The highest BCUT2D eigenvalue weighted by molar-refractivity contribution is 4.93. The Hall–Kier alpha value is -0.520. The molecule has 1 saturated carbocycles. The Morgan fingerprint density at radius 1 is 1.41 bits per heavy atom. The quantitative estimate of drug-likeness (QED) is 0.619. The SMILES string of the molecule is C#CCN(CC1CC1)C(CCC)CNC(C)C. The van der Waals surface area contributed by atoms with Gasteiger partial charge in [0.2, 0.25) is 0 Å². The molecule has 0 aliphatic heterocycles. The second kappa shape index (κ2) is 7.74. The zero-order valence-electron chi connectivity index (χ0n) is 11.7. The molecule has 0 aromatic rings. The lowest BCUT2D eigenvalue weighted by Crippen LogP contribution is -2.45. The summed E-state index contributed by atoms with van der Waals surface area (Å²) in [5.74, 6) is 3.74. The van der Waals surface area contributed by atoms with Crippen LogP contribution in [0.1, 0.15) is 46.5 Å². The third-order valence-electron chi connectivity index (χ3n) is 3.38. The van der Waals surface area contributed by atoms with Crippen molar-refractivity contribution in [3.63, 3.8) is 0 Å². The Kier molecular flexibility index (Phi) is 6.62. The molecular formula is C15H28N2. The fraction of sp³-hybridized carbons (Fsp3) is 0.867. The van der Waals surface area contributed by atoms with Gasteiger partial charge in [0.1, 0.15) is 0 Å². The van der Waals surface area contributed by atoms with Gasteiger partial charge in [-0.15, -0.1) is 6.42 Å². The molecular weight excluding hydrogens is 208 g/mol. The van der Waals surface area contributed by atoms with Crippen molar-refractivity contribution in [1.29, 1.82) is 0 Å². The van der Waals surface area contributed by atoms with E-state index in [2.05, 4.69) is 36.9 Å². The normalized spacial score (nSPS) is 17.4. The van der Waals surface area contributed by atoms with Gasteiger partial charge in [-0.05, 0) is 25.2 Å². The van der Waals surface area contributed by atoms with Crippen LogP contribution in [0.15, 0.2) is 0 Å². The summed E-state index contributed by atoms with van der Waals surface area (Å²) >= 11 is 0. The van der Waals surface area contributed by atoms with Gasteiger partial charge in [-0.1, -0.05) is 33.1 Å². The van der Waals surface area contributed by atoms with Gasteiger partial charge in [-0.2, -0.15) is 0 Å². The molecule has 1 N–H and O–H groups in total. The van der Waals surface area contributed by atoms with Crippen molar-refractivity contribution in [2.45, 2.75) is 58.5 Å². The number of nitrogens with zero attached hydrogens (tertiary/aromatic N) is 1. The van der Waals surface area contributed by atoms with Crippen molar-refractivity contribution in [3.05, 3.63) is 0 Å². The number of hydrogen-bond acceptors (Lipinski definition) is 2. The molecule has 0 spiro atoms. The van der Waals surface area contributed by atoms with Gasteiger partial charge in [0.25, 0.3) is 0 Å². The van der Waals surface area contributed by atoms with Crippen molar-refractivity contribution in [1.82, 2.24) is 10.2 Å². The highest BCUT2D eigenvalue weighted by atomic mass is 15.2. The summed E-state index contributed by atoms with van der Waals surface area (Å²) in [6.07, 6.45) is 10.8. The molecule has 1 aliphatic rings. The lowest BCUT2D eigenvalue weighted by Gasteiger charge is -2.31. The van der Waals surface area contributed by atoms with E-state index in [-0.39, 0.29) is 0 Å². The predicted octanol–water partition coefficient (Wildman–Crippen LogP) is 2.50. The summed E-state index contributed by atoms with van der Waals surface area (Å²) in [5.41, 5.74) is 0. The maximum atomic E-state index is 5.50. The van der Waals surface area contributed by atoms with Crippen LogP contribution >= 0.6 is 0 Å². The lowest BCUT2D eigenvalue weighted by molar-refractivity contribution is 0.193. The van der Waals surface area contributed by atoms with E-state index in [0.29, 0.717) is 12.1 Å². The molecule has 1 unspecified atom stereocenters. The Labute approximate surface area is 107 Å². The van der Waals surface area contributed by atoms with Crippen LogP contribution in [0.3, 0.4) is 0 Å². The van der Waals surface area contributed by atoms with E-state index in [1.165, 1.54) is 32.2 Å². The standard InChI is InChI=1S/C15H28N2/c1-5-7-15(11-16-13(3)4)17(10-6-2)12-14-8-9-14/h2,13-16H,5,7-12H2,1,3-4H3.